The molecule has 0 bridgehead atoms. The number of aliphatic hydroxyl groups excluding tert-OH is 1. The first-order valence-corrected chi connectivity index (χ1v) is 10.2. The summed E-state index contributed by atoms with van der Waals surface area (Å²) in [5, 5.41) is 9.20. The summed E-state index contributed by atoms with van der Waals surface area (Å²) in [6, 6.07) is 2.26. The Bertz CT molecular complexity index is 917. The van der Waals surface area contributed by atoms with Gasteiger partial charge in [0.05, 0.1) is 12.3 Å². The molecule has 148 valence electrons. The van der Waals surface area contributed by atoms with E-state index in [0.29, 0.717) is 30.0 Å². The van der Waals surface area contributed by atoms with E-state index in [4.69, 9.17) is 4.18 Å². The van der Waals surface area contributed by atoms with Crippen molar-refractivity contribution in [1.82, 2.24) is 9.55 Å². The molecule has 0 atom stereocenters. The number of aliphatic hydroxyl groups is 1. The van der Waals surface area contributed by atoms with Gasteiger partial charge in [0.1, 0.15) is 23.2 Å². The van der Waals surface area contributed by atoms with E-state index >= 15 is 0 Å². The van der Waals surface area contributed by atoms with E-state index in [1.165, 1.54) is 0 Å². The van der Waals surface area contributed by atoms with E-state index in [-0.39, 0.29) is 24.0 Å². The van der Waals surface area contributed by atoms with Crippen molar-refractivity contribution in [2.45, 2.75) is 50.6 Å². The highest BCUT2D eigenvalue weighted by Crippen LogP contribution is 2.35. The summed E-state index contributed by atoms with van der Waals surface area (Å²) in [7, 11) is -4.38. The number of rotatable bonds is 8. The van der Waals surface area contributed by atoms with Gasteiger partial charge in [0.25, 0.3) is 0 Å². The number of imidazole rings is 1. The van der Waals surface area contributed by atoms with Crippen molar-refractivity contribution in [3.63, 3.8) is 0 Å². The Kier molecular flexibility index (Phi) is 5.53. The van der Waals surface area contributed by atoms with Crippen LogP contribution < -0.4 is 4.18 Å². The number of hydrogen-bond donors (Lipinski definition) is 1. The zero-order valence-corrected chi connectivity index (χ0v) is 16.0. The van der Waals surface area contributed by atoms with Gasteiger partial charge >= 0.3 is 10.1 Å². The molecule has 0 spiro atoms. The molecular weight excluding hydrogens is 378 g/mol. The number of nitrogens with zero attached hydrogens (tertiary/aromatic N) is 2. The lowest BCUT2D eigenvalue weighted by molar-refractivity contribution is 0.293. The summed E-state index contributed by atoms with van der Waals surface area (Å²) in [6.07, 6.45) is 2.18. The van der Waals surface area contributed by atoms with Gasteiger partial charge in [-0.2, -0.15) is 8.42 Å². The largest absolute Gasteiger partial charge is 0.396 e. The minimum atomic E-state index is -4.38. The molecule has 1 fully saturated rings. The molecule has 1 aromatic carbocycles. The lowest BCUT2D eigenvalue weighted by Gasteiger charge is -2.14. The van der Waals surface area contributed by atoms with Crippen LogP contribution in [0.15, 0.2) is 23.2 Å². The molecule has 1 saturated carbocycles. The molecule has 0 unspecified atom stereocenters. The summed E-state index contributed by atoms with van der Waals surface area (Å²) in [5.74, 6) is -1.72. The second-order valence-corrected chi connectivity index (χ2v) is 8.50. The predicted molar refractivity (Wildman–Crippen MR) is 94.0 cm³/mol. The van der Waals surface area contributed by atoms with Gasteiger partial charge in [-0.15, -0.1) is 0 Å². The van der Waals surface area contributed by atoms with Crippen LogP contribution in [0.5, 0.6) is 5.75 Å². The Morgan fingerprint density at radius 2 is 1.89 bits per heavy atom. The summed E-state index contributed by atoms with van der Waals surface area (Å²) in [4.78, 5) is 4.42. The van der Waals surface area contributed by atoms with Crippen LogP contribution in [0.25, 0.3) is 0 Å². The van der Waals surface area contributed by atoms with Crippen LogP contribution in [0.2, 0.25) is 0 Å². The first-order valence-electron chi connectivity index (χ1n) is 8.82. The number of aromatic nitrogens is 2. The highest BCUT2D eigenvalue weighted by atomic mass is 32.2. The predicted octanol–water partition coefficient (Wildman–Crippen LogP) is 3.00. The monoisotopic (exact) mass is 400 g/mol. The van der Waals surface area contributed by atoms with Crippen LogP contribution >= 0.6 is 0 Å². The van der Waals surface area contributed by atoms with Gasteiger partial charge in [0, 0.05) is 31.2 Å². The second kappa shape index (κ2) is 7.55. The van der Waals surface area contributed by atoms with Gasteiger partial charge in [0.15, 0.2) is 5.03 Å². The topological polar surface area (TPSA) is 81.4 Å². The molecule has 0 amide bonds. The molecule has 1 aliphatic rings. The maximum Gasteiger partial charge on any atom is 0.357 e. The molecular formula is C18H22F2N2O4S. The lowest BCUT2D eigenvalue weighted by atomic mass is 10.1. The van der Waals surface area contributed by atoms with Gasteiger partial charge in [0.2, 0.25) is 0 Å². The van der Waals surface area contributed by atoms with Gasteiger partial charge in [-0.05, 0) is 24.7 Å². The summed E-state index contributed by atoms with van der Waals surface area (Å²) in [6.45, 7) is 3.87. The Hall–Kier alpha value is -2.00. The molecule has 9 heteroatoms. The molecule has 1 N–H and O–H groups in total. The number of halogens is 2. The Morgan fingerprint density at radius 3 is 2.41 bits per heavy atom. The van der Waals surface area contributed by atoms with E-state index in [9.17, 15) is 22.3 Å². The lowest BCUT2D eigenvalue weighted by Crippen LogP contribution is -2.19. The molecule has 0 aliphatic heterocycles. The number of benzene rings is 1. The molecule has 3 rings (SSSR count). The standard InChI is InChI=1S/C18H22F2N2O4S/c1-11(2)17-18(22(10-12-3-4-12)16(21-17)5-6-23)27(24,25)26-15-8-13(19)7-14(20)9-15/h7-9,11-12,23H,3-6,10H2,1-2H3. The third-order valence-corrected chi connectivity index (χ3v) is 5.64. The molecule has 1 aromatic heterocycles. The van der Waals surface area contributed by atoms with Crippen molar-refractivity contribution in [2.75, 3.05) is 6.61 Å². The SMILES string of the molecule is CC(C)c1nc(CCO)n(CC2CC2)c1S(=O)(=O)Oc1cc(F)cc(F)c1. The summed E-state index contributed by atoms with van der Waals surface area (Å²) < 4.78 is 59.4. The zero-order valence-electron chi connectivity index (χ0n) is 15.2. The summed E-state index contributed by atoms with van der Waals surface area (Å²) in [5.41, 5.74) is 0.316. The van der Waals surface area contributed by atoms with Crippen LogP contribution in [0, 0.1) is 17.6 Å². The van der Waals surface area contributed by atoms with Crippen molar-refractivity contribution in [2.24, 2.45) is 5.92 Å². The highest BCUT2D eigenvalue weighted by Gasteiger charge is 2.34. The molecule has 1 heterocycles. The minimum Gasteiger partial charge on any atom is -0.396 e. The van der Waals surface area contributed by atoms with Crippen LogP contribution in [-0.4, -0.2) is 29.7 Å². The van der Waals surface area contributed by atoms with Crippen molar-refractivity contribution < 1.29 is 26.5 Å². The molecule has 0 saturated heterocycles. The Morgan fingerprint density at radius 1 is 1.26 bits per heavy atom. The second-order valence-electron chi connectivity index (χ2n) is 7.04. The van der Waals surface area contributed by atoms with Crippen LogP contribution in [0.3, 0.4) is 0 Å². The van der Waals surface area contributed by atoms with E-state index in [2.05, 4.69) is 4.98 Å². The van der Waals surface area contributed by atoms with Crippen molar-refractivity contribution >= 4 is 10.1 Å². The molecule has 27 heavy (non-hydrogen) atoms. The average Bonchev–Trinajstić information content (AvgIpc) is 3.27. The van der Waals surface area contributed by atoms with Gasteiger partial charge in [-0.3, -0.25) is 0 Å². The van der Waals surface area contributed by atoms with Crippen LogP contribution in [-0.2, 0) is 23.1 Å². The summed E-state index contributed by atoms with van der Waals surface area (Å²) >= 11 is 0. The fourth-order valence-electron chi connectivity index (χ4n) is 2.92. The first kappa shape index (κ1) is 19.8. The van der Waals surface area contributed by atoms with Gasteiger partial charge in [-0.1, -0.05) is 13.8 Å². The quantitative estimate of drug-likeness (QED) is 0.689. The van der Waals surface area contributed by atoms with Crippen LogP contribution in [0.4, 0.5) is 8.78 Å². The Labute approximate surface area is 156 Å². The van der Waals surface area contributed by atoms with Crippen molar-refractivity contribution in [3.05, 3.63) is 41.4 Å². The van der Waals surface area contributed by atoms with E-state index in [1.807, 2.05) is 0 Å². The third kappa shape index (κ3) is 4.47. The number of hydrogen-bond acceptors (Lipinski definition) is 5. The molecule has 0 radical (unpaired) electrons. The van der Waals surface area contributed by atoms with E-state index in [1.54, 1.807) is 18.4 Å². The molecule has 6 nitrogen and oxygen atoms in total. The smallest absolute Gasteiger partial charge is 0.357 e. The Balaban J connectivity index is 2.08. The fraction of sp³-hybridized carbons (Fsp3) is 0.500. The minimum absolute atomic E-state index is 0.113. The highest BCUT2D eigenvalue weighted by molar-refractivity contribution is 7.87. The first-order chi connectivity index (χ1) is 12.7. The maximum atomic E-state index is 13.4. The normalized spacial score (nSPS) is 14.7. The van der Waals surface area contributed by atoms with Crippen molar-refractivity contribution in [1.29, 1.82) is 0 Å². The third-order valence-electron chi connectivity index (χ3n) is 4.32. The van der Waals surface area contributed by atoms with Gasteiger partial charge < -0.3 is 13.9 Å². The van der Waals surface area contributed by atoms with Crippen molar-refractivity contribution in [3.8, 4) is 5.75 Å². The maximum absolute atomic E-state index is 13.4. The van der Waals surface area contributed by atoms with E-state index in [0.717, 1.165) is 25.0 Å². The van der Waals surface area contributed by atoms with Crippen LogP contribution in [0.1, 0.15) is 44.1 Å². The fourth-order valence-corrected chi connectivity index (χ4v) is 4.34. The molecule has 2 aromatic rings. The van der Waals surface area contributed by atoms with E-state index < -0.39 is 27.5 Å². The molecule has 1 aliphatic carbocycles. The van der Waals surface area contributed by atoms with Gasteiger partial charge in [-0.25, -0.2) is 13.8 Å². The zero-order chi connectivity index (χ0) is 19.8. The average molecular weight is 400 g/mol.